The maximum Gasteiger partial charge on any atom is 0.191 e. The molecule has 0 bridgehead atoms. The first kappa shape index (κ1) is 19.1. The molecule has 0 unspecified atom stereocenters. The van der Waals surface area contributed by atoms with Gasteiger partial charge in [0.1, 0.15) is 0 Å². The maximum atomic E-state index is 6.03. The molecule has 134 valence electrons. The fraction of sp³-hybridized carbons (Fsp3) is 0.632. The van der Waals surface area contributed by atoms with Crippen molar-refractivity contribution in [2.75, 3.05) is 26.2 Å². The summed E-state index contributed by atoms with van der Waals surface area (Å²) in [6.45, 7) is 10.6. The number of nitrogens with one attached hydrogen (secondary N) is 2. The molecule has 1 aromatic rings. The zero-order valence-electron chi connectivity index (χ0n) is 15.2. The van der Waals surface area contributed by atoms with E-state index in [0.717, 1.165) is 43.6 Å². The molecular formula is C19H31ClN4. The lowest BCUT2D eigenvalue weighted by Gasteiger charge is -2.35. The fourth-order valence-corrected chi connectivity index (χ4v) is 3.28. The summed E-state index contributed by atoms with van der Waals surface area (Å²) in [6.07, 6.45) is 3.26. The third kappa shape index (κ3) is 6.33. The number of likely N-dealkylation sites (tertiary alicyclic amines) is 1. The Morgan fingerprint density at radius 2 is 2.08 bits per heavy atom. The SMILES string of the molecule is CCNC(=NCCc1cccc(Cl)c1)NC1CCN(C(C)C)CC1. The van der Waals surface area contributed by atoms with Gasteiger partial charge in [-0.2, -0.15) is 0 Å². The van der Waals surface area contributed by atoms with Crippen LogP contribution in [0.25, 0.3) is 0 Å². The van der Waals surface area contributed by atoms with E-state index in [0.29, 0.717) is 12.1 Å². The van der Waals surface area contributed by atoms with E-state index in [-0.39, 0.29) is 0 Å². The van der Waals surface area contributed by atoms with Crippen LogP contribution in [0.4, 0.5) is 0 Å². The lowest BCUT2D eigenvalue weighted by molar-refractivity contribution is 0.167. The van der Waals surface area contributed by atoms with Gasteiger partial charge in [0.25, 0.3) is 0 Å². The lowest BCUT2D eigenvalue weighted by atomic mass is 10.0. The summed E-state index contributed by atoms with van der Waals surface area (Å²) in [4.78, 5) is 7.27. The van der Waals surface area contributed by atoms with Crippen molar-refractivity contribution in [3.05, 3.63) is 34.9 Å². The second kappa shape index (κ2) is 9.90. The Hall–Kier alpha value is -1.26. The maximum absolute atomic E-state index is 6.03. The smallest absolute Gasteiger partial charge is 0.191 e. The Kier molecular flexibility index (Phi) is 7.86. The summed E-state index contributed by atoms with van der Waals surface area (Å²) in [5.41, 5.74) is 1.23. The number of hydrogen-bond donors (Lipinski definition) is 2. The van der Waals surface area contributed by atoms with Gasteiger partial charge in [0, 0.05) is 43.3 Å². The molecule has 1 aliphatic rings. The van der Waals surface area contributed by atoms with E-state index < -0.39 is 0 Å². The molecule has 1 aromatic carbocycles. The van der Waals surface area contributed by atoms with Crippen LogP contribution in [0.15, 0.2) is 29.3 Å². The molecule has 2 rings (SSSR count). The minimum atomic E-state index is 0.518. The monoisotopic (exact) mass is 350 g/mol. The Morgan fingerprint density at radius 1 is 1.33 bits per heavy atom. The summed E-state index contributed by atoms with van der Waals surface area (Å²) in [6, 6.07) is 9.17. The van der Waals surface area contributed by atoms with Crippen LogP contribution < -0.4 is 10.6 Å². The van der Waals surface area contributed by atoms with Crippen LogP contribution in [-0.4, -0.2) is 49.1 Å². The molecule has 0 aromatic heterocycles. The van der Waals surface area contributed by atoms with Crippen molar-refractivity contribution in [1.82, 2.24) is 15.5 Å². The topological polar surface area (TPSA) is 39.7 Å². The number of hydrogen-bond acceptors (Lipinski definition) is 2. The molecule has 5 heteroatoms. The Labute approximate surface area is 151 Å². The first-order valence-corrected chi connectivity index (χ1v) is 9.49. The molecule has 2 N–H and O–H groups in total. The summed E-state index contributed by atoms with van der Waals surface area (Å²) in [5.74, 6) is 0.933. The quantitative estimate of drug-likeness (QED) is 0.610. The molecule has 0 amide bonds. The molecule has 4 nitrogen and oxygen atoms in total. The van der Waals surface area contributed by atoms with Crippen LogP contribution in [-0.2, 0) is 6.42 Å². The van der Waals surface area contributed by atoms with E-state index in [1.165, 1.54) is 18.4 Å². The highest BCUT2D eigenvalue weighted by Crippen LogP contribution is 2.13. The predicted molar refractivity (Wildman–Crippen MR) is 104 cm³/mol. The summed E-state index contributed by atoms with van der Waals surface area (Å²) in [7, 11) is 0. The Morgan fingerprint density at radius 3 is 2.71 bits per heavy atom. The first-order valence-electron chi connectivity index (χ1n) is 9.11. The highest BCUT2D eigenvalue weighted by molar-refractivity contribution is 6.30. The second-order valence-corrected chi connectivity index (χ2v) is 7.13. The molecule has 0 radical (unpaired) electrons. The number of nitrogens with zero attached hydrogens (tertiary/aromatic N) is 2. The molecule has 1 aliphatic heterocycles. The van der Waals surface area contributed by atoms with Crippen LogP contribution in [0.2, 0.25) is 5.02 Å². The van der Waals surface area contributed by atoms with Gasteiger partial charge in [0.05, 0.1) is 0 Å². The second-order valence-electron chi connectivity index (χ2n) is 6.69. The van der Waals surface area contributed by atoms with E-state index in [1.807, 2.05) is 18.2 Å². The van der Waals surface area contributed by atoms with Crippen molar-refractivity contribution in [2.24, 2.45) is 4.99 Å². The number of benzene rings is 1. The zero-order chi connectivity index (χ0) is 17.4. The number of guanidine groups is 1. The van der Waals surface area contributed by atoms with Gasteiger partial charge in [-0.3, -0.25) is 4.99 Å². The molecule has 0 spiro atoms. The van der Waals surface area contributed by atoms with Crippen LogP contribution in [0.3, 0.4) is 0 Å². The van der Waals surface area contributed by atoms with Gasteiger partial charge in [-0.15, -0.1) is 0 Å². The average molecular weight is 351 g/mol. The lowest BCUT2D eigenvalue weighted by Crippen LogP contribution is -2.49. The molecule has 0 saturated carbocycles. The van der Waals surface area contributed by atoms with E-state index in [4.69, 9.17) is 16.6 Å². The minimum Gasteiger partial charge on any atom is -0.357 e. The highest BCUT2D eigenvalue weighted by Gasteiger charge is 2.21. The molecule has 0 atom stereocenters. The van der Waals surface area contributed by atoms with Crippen molar-refractivity contribution in [1.29, 1.82) is 0 Å². The number of halogens is 1. The number of piperidine rings is 1. The number of aliphatic imine (C=N–C) groups is 1. The van der Waals surface area contributed by atoms with Gasteiger partial charge in [-0.25, -0.2) is 0 Å². The van der Waals surface area contributed by atoms with Gasteiger partial charge in [0.2, 0.25) is 0 Å². The molecule has 0 aliphatic carbocycles. The third-order valence-corrected chi connectivity index (χ3v) is 4.74. The van der Waals surface area contributed by atoms with Gasteiger partial charge in [-0.05, 0) is 57.7 Å². The summed E-state index contributed by atoms with van der Waals surface area (Å²) in [5, 5.41) is 7.75. The minimum absolute atomic E-state index is 0.518. The van der Waals surface area contributed by atoms with Crippen molar-refractivity contribution in [2.45, 2.75) is 52.1 Å². The van der Waals surface area contributed by atoms with E-state index in [9.17, 15) is 0 Å². The highest BCUT2D eigenvalue weighted by atomic mass is 35.5. The van der Waals surface area contributed by atoms with Crippen molar-refractivity contribution in [3.63, 3.8) is 0 Å². The van der Waals surface area contributed by atoms with Gasteiger partial charge < -0.3 is 15.5 Å². The zero-order valence-corrected chi connectivity index (χ0v) is 15.9. The molecule has 1 heterocycles. The normalized spacial score (nSPS) is 17.3. The Balaban J connectivity index is 1.82. The molecule has 1 fully saturated rings. The predicted octanol–water partition coefficient (Wildman–Crippen LogP) is 3.31. The van der Waals surface area contributed by atoms with Crippen molar-refractivity contribution in [3.8, 4) is 0 Å². The first-order chi connectivity index (χ1) is 11.6. The molecule has 24 heavy (non-hydrogen) atoms. The van der Waals surface area contributed by atoms with E-state index in [2.05, 4.69) is 42.4 Å². The standard InChI is InChI=1S/C19H31ClN4/c1-4-21-19(22-11-8-16-6-5-7-17(20)14-16)23-18-9-12-24(13-10-18)15(2)3/h5-7,14-15,18H,4,8-13H2,1-3H3,(H2,21,22,23). The van der Waals surface area contributed by atoms with E-state index >= 15 is 0 Å². The van der Waals surface area contributed by atoms with Gasteiger partial charge in [-0.1, -0.05) is 23.7 Å². The van der Waals surface area contributed by atoms with Gasteiger partial charge in [0.15, 0.2) is 5.96 Å². The van der Waals surface area contributed by atoms with Crippen LogP contribution in [0.1, 0.15) is 39.2 Å². The van der Waals surface area contributed by atoms with Gasteiger partial charge >= 0.3 is 0 Å². The van der Waals surface area contributed by atoms with Crippen LogP contribution in [0.5, 0.6) is 0 Å². The van der Waals surface area contributed by atoms with Crippen LogP contribution >= 0.6 is 11.6 Å². The van der Waals surface area contributed by atoms with E-state index in [1.54, 1.807) is 0 Å². The molecular weight excluding hydrogens is 320 g/mol. The van der Waals surface area contributed by atoms with Crippen molar-refractivity contribution < 1.29 is 0 Å². The largest absolute Gasteiger partial charge is 0.357 e. The summed E-state index contributed by atoms with van der Waals surface area (Å²) >= 11 is 6.03. The Bertz CT molecular complexity index is 522. The third-order valence-electron chi connectivity index (χ3n) is 4.50. The van der Waals surface area contributed by atoms with Crippen molar-refractivity contribution >= 4 is 17.6 Å². The van der Waals surface area contributed by atoms with Crippen LogP contribution in [0, 0.1) is 0 Å². The average Bonchev–Trinajstić information content (AvgIpc) is 2.55. The number of rotatable bonds is 6. The summed E-state index contributed by atoms with van der Waals surface area (Å²) < 4.78 is 0. The fourth-order valence-electron chi connectivity index (χ4n) is 3.06. The molecule has 1 saturated heterocycles.